The van der Waals surface area contributed by atoms with Crippen LogP contribution in [0.3, 0.4) is 0 Å². The second kappa shape index (κ2) is 5.69. The van der Waals surface area contributed by atoms with E-state index in [9.17, 15) is 4.91 Å². The molecule has 0 spiro atoms. The maximum Gasteiger partial charge on any atom is 0.324 e. The van der Waals surface area contributed by atoms with Gasteiger partial charge in [-0.2, -0.15) is 0 Å². The number of hydrogen-bond donors (Lipinski definition) is 0. The number of hydrogen-bond acceptors (Lipinski definition) is 3. The molecule has 0 fully saturated rings. The van der Waals surface area contributed by atoms with Crippen LogP contribution >= 0.6 is 11.8 Å². The van der Waals surface area contributed by atoms with Crippen LogP contribution in [0.25, 0.3) is 11.1 Å². The van der Waals surface area contributed by atoms with Crippen molar-refractivity contribution >= 4 is 17.4 Å². The van der Waals surface area contributed by atoms with Crippen LogP contribution in [0.4, 0.5) is 5.69 Å². The Morgan fingerprint density at radius 3 is 2.28 bits per heavy atom. The molecule has 0 aliphatic rings. The Morgan fingerprint density at radius 2 is 1.61 bits per heavy atom. The molecule has 0 bridgehead atoms. The Bertz CT molecular complexity index is 569. The van der Waals surface area contributed by atoms with E-state index in [2.05, 4.69) is 0 Å². The second-order valence-electron chi connectivity index (χ2n) is 3.66. The molecule has 4 heteroatoms. The summed E-state index contributed by atoms with van der Waals surface area (Å²) >= 11 is 1.66. The van der Waals surface area contributed by atoms with Crippen molar-refractivity contribution in [2.75, 3.05) is 13.4 Å². The molecule has 92 valence electrons. The lowest BCUT2D eigenvalue weighted by molar-refractivity contribution is -0.736. The lowest BCUT2D eigenvalue weighted by Gasteiger charge is -2.06. The molecule has 18 heavy (non-hydrogen) atoms. The van der Waals surface area contributed by atoms with E-state index in [0.29, 0.717) is 10.6 Å². The Balaban J connectivity index is 2.60. The molecule has 0 aliphatic carbocycles. The summed E-state index contributed by atoms with van der Waals surface area (Å²) in [4.78, 5) is 18.1. The van der Waals surface area contributed by atoms with Gasteiger partial charge in [0.2, 0.25) is 0 Å². The molecule has 2 rings (SSSR count). The van der Waals surface area contributed by atoms with Gasteiger partial charge < -0.3 is 0 Å². The van der Waals surface area contributed by atoms with Crippen molar-refractivity contribution in [1.29, 1.82) is 0 Å². The topological polar surface area (TPSA) is 29.3 Å². The molecule has 0 amide bonds. The summed E-state index contributed by atoms with van der Waals surface area (Å²) in [5, 5.41) is 0. The van der Waals surface area contributed by atoms with Gasteiger partial charge in [0.05, 0.1) is 10.5 Å². The summed E-state index contributed by atoms with van der Waals surface area (Å²) in [6.07, 6.45) is 2.02. The van der Waals surface area contributed by atoms with Crippen LogP contribution in [-0.2, 0) is 4.84 Å². The van der Waals surface area contributed by atoms with Gasteiger partial charge in [-0.05, 0) is 18.4 Å². The van der Waals surface area contributed by atoms with Crippen molar-refractivity contribution in [2.24, 2.45) is 0 Å². The van der Waals surface area contributed by atoms with Crippen LogP contribution in [-0.4, -0.2) is 18.3 Å². The first-order valence-corrected chi connectivity index (χ1v) is 6.74. The molecule has 0 saturated heterocycles. The molecule has 3 nitrogen and oxygen atoms in total. The van der Waals surface area contributed by atoms with E-state index in [4.69, 9.17) is 4.84 Å². The van der Waals surface area contributed by atoms with Crippen LogP contribution in [0, 0.1) is 4.91 Å². The number of para-hydroxylation sites is 1. The summed E-state index contributed by atoms with van der Waals surface area (Å²) < 4.78 is 0. The third-order valence-electron chi connectivity index (χ3n) is 2.66. The van der Waals surface area contributed by atoms with Crippen molar-refractivity contribution < 1.29 is 9.76 Å². The predicted molar refractivity (Wildman–Crippen MR) is 74.0 cm³/mol. The molecule has 0 N–H and O–H groups in total. The molecule has 2 aromatic rings. The fourth-order valence-electron chi connectivity index (χ4n) is 1.83. The first kappa shape index (κ1) is 12.6. The fraction of sp³-hybridized carbons (Fsp3) is 0.143. The maximum absolute atomic E-state index is 11.7. The van der Waals surface area contributed by atoms with E-state index < -0.39 is 0 Å². The highest BCUT2D eigenvalue weighted by Crippen LogP contribution is 2.35. The largest absolute Gasteiger partial charge is 0.324 e. The van der Waals surface area contributed by atoms with Crippen molar-refractivity contribution in [3.63, 3.8) is 0 Å². The van der Waals surface area contributed by atoms with Crippen molar-refractivity contribution in [1.82, 2.24) is 0 Å². The third-order valence-corrected chi connectivity index (χ3v) is 3.46. The van der Waals surface area contributed by atoms with Gasteiger partial charge in [0.25, 0.3) is 4.92 Å². The van der Waals surface area contributed by atoms with Crippen molar-refractivity contribution in [3.8, 4) is 11.1 Å². The molecule has 2 aromatic carbocycles. The maximum atomic E-state index is 11.7. The molecule has 0 unspecified atom stereocenters. The van der Waals surface area contributed by atoms with Gasteiger partial charge in [0.1, 0.15) is 0 Å². The predicted octanol–water partition coefficient (Wildman–Crippen LogP) is 4.05. The average molecular weight is 260 g/mol. The zero-order valence-corrected chi connectivity index (χ0v) is 11.1. The summed E-state index contributed by atoms with van der Waals surface area (Å²) in [6.45, 7) is 0. The molecular formula is C14H14NO2S+. The Labute approximate surface area is 110 Å². The SMILES string of the molecule is CO[N+](=O)c1ccccc1-c1ccccc1SC. The first-order valence-electron chi connectivity index (χ1n) is 5.51. The zero-order chi connectivity index (χ0) is 13.0. The fourth-order valence-corrected chi connectivity index (χ4v) is 2.44. The molecule has 0 aromatic heterocycles. The van der Waals surface area contributed by atoms with Gasteiger partial charge in [-0.3, -0.25) is 0 Å². The average Bonchev–Trinajstić information content (AvgIpc) is 2.46. The Morgan fingerprint density at radius 1 is 1.00 bits per heavy atom. The van der Waals surface area contributed by atoms with E-state index in [1.807, 2.05) is 48.7 Å². The zero-order valence-electron chi connectivity index (χ0n) is 10.3. The summed E-state index contributed by atoms with van der Waals surface area (Å²) in [7, 11) is 1.37. The number of benzene rings is 2. The molecule has 0 heterocycles. The second-order valence-corrected chi connectivity index (χ2v) is 4.51. The normalized spacial score (nSPS) is 10.1. The summed E-state index contributed by atoms with van der Waals surface area (Å²) in [6, 6.07) is 15.4. The van der Waals surface area contributed by atoms with E-state index in [1.165, 1.54) is 7.11 Å². The highest BCUT2D eigenvalue weighted by atomic mass is 32.2. The monoisotopic (exact) mass is 260 g/mol. The molecular weight excluding hydrogens is 246 g/mol. The Kier molecular flexibility index (Phi) is 3.99. The highest BCUT2D eigenvalue weighted by molar-refractivity contribution is 7.98. The third kappa shape index (κ3) is 2.38. The van der Waals surface area contributed by atoms with E-state index in [-0.39, 0.29) is 0 Å². The number of thioether (sulfide) groups is 1. The Hall–Kier alpha value is -1.81. The first-order chi connectivity index (χ1) is 8.77. The minimum atomic E-state index is 0.515. The van der Waals surface area contributed by atoms with Gasteiger partial charge in [-0.1, -0.05) is 30.3 Å². The quantitative estimate of drug-likeness (QED) is 0.613. The van der Waals surface area contributed by atoms with Crippen LogP contribution in [0.5, 0.6) is 0 Å². The molecule has 0 atom stereocenters. The summed E-state index contributed by atoms with van der Waals surface area (Å²) in [5.74, 6) is 0. The highest BCUT2D eigenvalue weighted by Gasteiger charge is 2.21. The standard InChI is InChI=1S/C14H14NO2S/c1-17-15(16)13-9-5-3-7-11(13)12-8-4-6-10-14(12)18-2/h3-10H,1-2H3/q+1. The van der Waals surface area contributed by atoms with Gasteiger partial charge in [-0.25, -0.2) is 4.84 Å². The molecule has 0 saturated carbocycles. The van der Waals surface area contributed by atoms with Crippen LogP contribution in [0.1, 0.15) is 0 Å². The molecule has 0 aliphatic heterocycles. The minimum Gasteiger partial charge on any atom is -0.230 e. The van der Waals surface area contributed by atoms with Crippen LogP contribution < -0.4 is 0 Å². The summed E-state index contributed by atoms with van der Waals surface area (Å²) in [5.41, 5.74) is 2.43. The van der Waals surface area contributed by atoms with Crippen LogP contribution in [0.15, 0.2) is 53.4 Å². The molecule has 0 radical (unpaired) electrons. The van der Waals surface area contributed by atoms with E-state index in [0.717, 1.165) is 16.0 Å². The van der Waals surface area contributed by atoms with E-state index >= 15 is 0 Å². The lowest BCUT2D eigenvalue weighted by atomic mass is 10.0. The van der Waals surface area contributed by atoms with Gasteiger partial charge >= 0.3 is 5.69 Å². The van der Waals surface area contributed by atoms with Crippen LogP contribution in [0.2, 0.25) is 0 Å². The van der Waals surface area contributed by atoms with Gasteiger partial charge in [0, 0.05) is 16.5 Å². The smallest absolute Gasteiger partial charge is 0.230 e. The number of nitrogens with zero attached hydrogens (tertiary/aromatic N) is 1. The van der Waals surface area contributed by atoms with Crippen molar-refractivity contribution in [2.45, 2.75) is 4.90 Å². The van der Waals surface area contributed by atoms with Crippen molar-refractivity contribution in [3.05, 3.63) is 53.4 Å². The lowest BCUT2D eigenvalue weighted by Crippen LogP contribution is -2.00. The van der Waals surface area contributed by atoms with Gasteiger partial charge in [-0.15, -0.1) is 11.8 Å². The number of rotatable bonds is 4. The van der Waals surface area contributed by atoms with E-state index in [1.54, 1.807) is 17.8 Å². The minimum absolute atomic E-state index is 0.515. The van der Waals surface area contributed by atoms with Gasteiger partial charge in [0.15, 0.2) is 7.11 Å².